The van der Waals surface area contributed by atoms with Gasteiger partial charge < -0.3 is 14.6 Å². The smallest absolute Gasteiger partial charge is 0.254 e. The molecule has 1 aliphatic rings. The van der Waals surface area contributed by atoms with Crippen molar-refractivity contribution in [2.45, 2.75) is 18.9 Å². The van der Waals surface area contributed by atoms with Crippen molar-refractivity contribution >= 4 is 16.8 Å². The fourth-order valence-corrected chi connectivity index (χ4v) is 3.10. The number of aromatic nitrogens is 3. The number of carbonyl (C=O) groups is 1. The molecule has 6 heteroatoms. The van der Waals surface area contributed by atoms with Gasteiger partial charge in [0.15, 0.2) is 0 Å². The van der Waals surface area contributed by atoms with Crippen molar-refractivity contribution in [3.63, 3.8) is 0 Å². The van der Waals surface area contributed by atoms with Crippen molar-refractivity contribution in [1.82, 2.24) is 19.9 Å². The van der Waals surface area contributed by atoms with Crippen LogP contribution in [0.5, 0.6) is 5.88 Å². The molecule has 0 aliphatic carbocycles. The maximum Gasteiger partial charge on any atom is 0.254 e. The Labute approximate surface area is 139 Å². The van der Waals surface area contributed by atoms with Crippen LogP contribution < -0.4 is 4.74 Å². The average molecular weight is 322 g/mol. The van der Waals surface area contributed by atoms with Crippen LogP contribution in [0.25, 0.3) is 10.9 Å². The Bertz CT molecular complexity index is 846. The van der Waals surface area contributed by atoms with Crippen LogP contribution in [0.15, 0.2) is 49.1 Å². The number of H-pyrrole nitrogens is 1. The van der Waals surface area contributed by atoms with Gasteiger partial charge in [0, 0.05) is 36.2 Å². The van der Waals surface area contributed by atoms with E-state index in [9.17, 15) is 4.79 Å². The lowest BCUT2D eigenvalue weighted by Gasteiger charge is -2.32. The third-order valence-electron chi connectivity index (χ3n) is 4.29. The number of aromatic amines is 1. The number of likely N-dealkylation sites (tertiary alicyclic amines) is 1. The van der Waals surface area contributed by atoms with Crippen LogP contribution in [0.4, 0.5) is 0 Å². The summed E-state index contributed by atoms with van der Waals surface area (Å²) in [6.07, 6.45) is 8.48. The molecule has 1 unspecified atom stereocenters. The molecule has 0 spiro atoms. The molecule has 0 saturated carbocycles. The highest BCUT2D eigenvalue weighted by molar-refractivity contribution is 5.98. The fourth-order valence-electron chi connectivity index (χ4n) is 3.10. The molecule has 24 heavy (non-hydrogen) atoms. The van der Waals surface area contributed by atoms with E-state index < -0.39 is 0 Å². The van der Waals surface area contributed by atoms with E-state index in [-0.39, 0.29) is 12.0 Å². The van der Waals surface area contributed by atoms with Crippen LogP contribution in [0.2, 0.25) is 0 Å². The number of ether oxygens (including phenoxy) is 1. The molecule has 122 valence electrons. The summed E-state index contributed by atoms with van der Waals surface area (Å²) < 4.78 is 5.86. The molecule has 3 aromatic rings. The molecule has 1 N–H and O–H groups in total. The van der Waals surface area contributed by atoms with Crippen LogP contribution >= 0.6 is 0 Å². The highest BCUT2D eigenvalue weighted by Gasteiger charge is 2.26. The minimum absolute atomic E-state index is 0.0407. The van der Waals surface area contributed by atoms with Crippen molar-refractivity contribution in [3.05, 3.63) is 54.6 Å². The summed E-state index contributed by atoms with van der Waals surface area (Å²) in [5, 5.41) is 1.11. The van der Waals surface area contributed by atoms with Gasteiger partial charge in [0.2, 0.25) is 5.88 Å². The number of carbonyl (C=O) groups excluding carboxylic acids is 1. The Morgan fingerprint density at radius 3 is 3.12 bits per heavy atom. The zero-order chi connectivity index (χ0) is 16.4. The molecule has 1 amide bonds. The van der Waals surface area contributed by atoms with Gasteiger partial charge in [0.05, 0.1) is 12.7 Å². The zero-order valence-electron chi connectivity index (χ0n) is 13.2. The Morgan fingerprint density at radius 2 is 2.25 bits per heavy atom. The van der Waals surface area contributed by atoms with Gasteiger partial charge in [0.25, 0.3) is 5.91 Å². The number of nitrogens with one attached hydrogen (secondary N) is 1. The lowest BCUT2D eigenvalue weighted by Crippen LogP contribution is -2.44. The second-order valence-electron chi connectivity index (χ2n) is 5.96. The maximum absolute atomic E-state index is 12.8. The normalized spacial score (nSPS) is 17.8. The van der Waals surface area contributed by atoms with Crippen LogP contribution in [-0.4, -0.2) is 45.0 Å². The van der Waals surface area contributed by atoms with E-state index in [1.165, 1.54) is 0 Å². The molecule has 1 atom stereocenters. The highest BCUT2D eigenvalue weighted by atomic mass is 16.5. The summed E-state index contributed by atoms with van der Waals surface area (Å²) >= 11 is 0. The van der Waals surface area contributed by atoms with Crippen LogP contribution in [-0.2, 0) is 0 Å². The van der Waals surface area contributed by atoms with Gasteiger partial charge in [-0.1, -0.05) is 6.07 Å². The second kappa shape index (κ2) is 6.31. The predicted octanol–water partition coefficient (Wildman–Crippen LogP) is 2.64. The van der Waals surface area contributed by atoms with Gasteiger partial charge in [-0.05, 0) is 36.4 Å². The number of piperidine rings is 1. The molecule has 0 bridgehead atoms. The largest absolute Gasteiger partial charge is 0.471 e. The summed E-state index contributed by atoms with van der Waals surface area (Å²) in [5.41, 5.74) is 1.68. The summed E-state index contributed by atoms with van der Waals surface area (Å²) in [5.74, 6) is 0.545. The van der Waals surface area contributed by atoms with Gasteiger partial charge in [-0.15, -0.1) is 0 Å². The Balaban J connectivity index is 1.47. The first-order valence-electron chi connectivity index (χ1n) is 8.09. The standard InChI is InChI=1S/C18H18N4O2/c23-18(14-4-3-13-5-6-20-16(13)10-14)22-9-1-2-15(12-22)24-17-11-19-7-8-21-17/h3-8,10-11,15,20H,1-2,9,12H2. The van der Waals surface area contributed by atoms with E-state index in [0.29, 0.717) is 18.0 Å². The number of hydrogen-bond acceptors (Lipinski definition) is 4. The fraction of sp³-hybridized carbons (Fsp3) is 0.278. The molecule has 6 nitrogen and oxygen atoms in total. The van der Waals surface area contributed by atoms with E-state index in [0.717, 1.165) is 30.3 Å². The lowest BCUT2D eigenvalue weighted by molar-refractivity contribution is 0.0527. The van der Waals surface area contributed by atoms with Gasteiger partial charge in [-0.3, -0.25) is 9.78 Å². The van der Waals surface area contributed by atoms with Crippen molar-refractivity contribution in [2.24, 2.45) is 0 Å². The predicted molar refractivity (Wildman–Crippen MR) is 89.9 cm³/mol. The van der Waals surface area contributed by atoms with E-state index in [1.807, 2.05) is 35.4 Å². The minimum atomic E-state index is -0.0476. The zero-order valence-corrected chi connectivity index (χ0v) is 13.2. The van der Waals surface area contributed by atoms with Crippen molar-refractivity contribution in [3.8, 4) is 5.88 Å². The Morgan fingerprint density at radius 1 is 1.29 bits per heavy atom. The van der Waals surface area contributed by atoms with Crippen LogP contribution in [0.3, 0.4) is 0 Å². The summed E-state index contributed by atoms with van der Waals surface area (Å²) in [7, 11) is 0. The van der Waals surface area contributed by atoms with Gasteiger partial charge in [-0.25, -0.2) is 4.98 Å². The maximum atomic E-state index is 12.8. The number of benzene rings is 1. The number of nitrogens with zero attached hydrogens (tertiary/aromatic N) is 3. The van der Waals surface area contributed by atoms with E-state index in [2.05, 4.69) is 15.0 Å². The highest BCUT2D eigenvalue weighted by Crippen LogP contribution is 2.20. The SMILES string of the molecule is O=C(c1ccc2cc[nH]c2c1)N1CCCC(Oc2cnccn2)C1. The first-order valence-corrected chi connectivity index (χ1v) is 8.09. The molecule has 1 saturated heterocycles. The Kier molecular flexibility index (Phi) is 3.86. The second-order valence-corrected chi connectivity index (χ2v) is 5.96. The van der Waals surface area contributed by atoms with E-state index >= 15 is 0 Å². The third-order valence-corrected chi connectivity index (χ3v) is 4.29. The minimum Gasteiger partial charge on any atom is -0.471 e. The monoisotopic (exact) mass is 322 g/mol. The van der Waals surface area contributed by atoms with Crippen molar-refractivity contribution in [1.29, 1.82) is 0 Å². The molecule has 4 rings (SSSR count). The van der Waals surface area contributed by atoms with Crippen LogP contribution in [0, 0.1) is 0 Å². The Hall–Kier alpha value is -2.89. The number of rotatable bonds is 3. The topological polar surface area (TPSA) is 71.1 Å². The number of amides is 1. The average Bonchev–Trinajstić information content (AvgIpc) is 3.10. The molecule has 1 aromatic carbocycles. The lowest BCUT2D eigenvalue weighted by atomic mass is 10.1. The third kappa shape index (κ3) is 2.95. The molecular formula is C18H18N4O2. The van der Waals surface area contributed by atoms with Crippen molar-refractivity contribution < 1.29 is 9.53 Å². The number of fused-ring (bicyclic) bond motifs is 1. The molecular weight excluding hydrogens is 304 g/mol. The molecule has 1 aliphatic heterocycles. The first kappa shape index (κ1) is 14.7. The quantitative estimate of drug-likeness (QED) is 0.805. The van der Waals surface area contributed by atoms with E-state index in [1.54, 1.807) is 18.6 Å². The summed E-state index contributed by atoms with van der Waals surface area (Å²) in [4.78, 5) is 25.9. The van der Waals surface area contributed by atoms with Crippen LogP contribution in [0.1, 0.15) is 23.2 Å². The van der Waals surface area contributed by atoms with Gasteiger partial charge >= 0.3 is 0 Å². The summed E-state index contributed by atoms with van der Waals surface area (Å²) in [6.45, 7) is 1.32. The molecule has 2 aromatic heterocycles. The number of hydrogen-bond donors (Lipinski definition) is 1. The van der Waals surface area contributed by atoms with Crippen molar-refractivity contribution in [2.75, 3.05) is 13.1 Å². The van der Waals surface area contributed by atoms with E-state index in [4.69, 9.17) is 4.74 Å². The van der Waals surface area contributed by atoms with Gasteiger partial charge in [-0.2, -0.15) is 0 Å². The molecule has 0 radical (unpaired) electrons. The summed E-state index contributed by atoms with van der Waals surface area (Å²) in [6, 6.07) is 7.75. The first-order chi connectivity index (χ1) is 11.8. The van der Waals surface area contributed by atoms with Gasteiger partial charge in [0.1, 0.15) is 6.10 Å². The molecule has 1 fully saturated rings. The molecule has 3 heterocycles.